The Labute approximate surface area is 220 Å². The monoisotopic (exact) mass is 551 g/mol. The zero-order valence-electron chi connectivity index (χ0n) is 20.5. The minimum Gasteiger partial charge on any atom is -0.495 e. The highest BCUT2D eigenvalue weighted by Crippen LogP contribution is 2.46. The summed E-state index contributed by atoms with van der Waals surface area (Å²) >= 11 is 6.27. The highest BCUT2D eigenvalue weighted by atomic mass is 35.5. The van der Waals surface area contributed by atoms with Gasteiger partial charge in [0.25, 0.3) is 5.91 Å². The number of amides is 1. The van der Waals surface area contributed by atoms with Crippen molar-refractivity contribution in [1.82, 2.24) is 15.3 Å². The Hall–Kier alpha value is -2.43. The Morgan fingerprint density at radius 2 is 1.95 bits per heavy atom. The quantitative estimate of drug-likeness (QED) is 0.342. The number of nitrogens with zero attached hydrogens (tertiary/aromatic N) is 3. The first kappa shape index (κ1) is 26.2. The molecule has 0 radical (unpaired) electrons. The first-order valence-electron chi connectivity index (χ1n) is 12.4. The molecule has 1 amide bonds. The van der Waals surface area contributed by atoms with Crippen LogP contribution in [0, 0.1) is 11.8 Å². The van der Waals surface area contributed by atoms with Gasteiger partial charge in [-0.05, 0) is 61.6 Å². The number of aromatic nitrogens is 2. The molecule has 200 valence electrons. The van der Waals surface area contributed by atoms with Gasteiger partial charge in [-0.25, -0.2) is 9.55 Å². The smallest absolute Gasteiger partial charge is 0.469 e. The van der Waals surface area contributed by atoms with E-state index in [1.165, 1.54) is 6.42 Å². The fourth-order valence-corrected chi connectivity index (χ4v) is 6.04. The van der Waals surface area contributed by atoms with Crippen LogP contribution in [-0.2, 0) is 15.6 Å². The number of piperidine rings is 1. The van der Waals surface area contributed by atoms with Crippen molar-refractivity contribution < 1.29 is 28.4 Å². The van der Waals surface area contributed by atoms with E-state index in [-0.39, 0.29) is 11.9 Å². The molecule has 1 aromatic heterocycles. The summed E-state index contributed by atoms with van der Waals surface area (Å²) in [6.45, 7) is 2.27. The number of nitrogens with one attached hydrogen (secondary N) is 2. The van der Waals surface area contributed by atoms with Gasteiger partial charge in [0.1, 0.15) is 17.1 Å². The van der Waals surface area contributed by atoms with Crippen LogP contribution in [0.15, 0.2) is 24.4 Å². The summed E-state index contributed by atoms with van der Waals surface area (Å²) in [5.74, 6) is 2.76. The second-order valence-corrected chi connectivity index (χ2v) is 11.6. The summed E-state index contributed by atoms with van der Waals surface area (Å²) < 4.78 is 21.1. The standard InChI is InChI=1S/C24H31ClN5O6P/c1-35-21-7-2-14(8-20(21)25)10-26-22-19(11-27-24(29-22)30-12-15-9-16(15)13-30)23(31)28-17-3-5-18(6-4-17)36-37(32,33)34/h2,7-8,11,15-18H,3-6,9-10,12-13H2,1H3,(H,28,31)(H,26,27,29)(H2,32,33,34)/t15-,16?,17?,18?/m1/s1. The summed E-state index contributed by atoms with van der Waals surface area (Å²) in [5, 5.41) is 6.81. The Morgan fingerprint density at radius 3 is 2.59 bits per heavy atom. The minimum atomic E-state index is -4.52. The molecule has 2 saturated carbocycles. The van der Waals surface area contributed by atoms with Crippen LogP contribution in [0.25, 0.3) is 0 Å². The van der Waals surface area contributed by atoms with Crippen LogP contribution in [-0.4, -0.2) is 58.0 Å². The third-order valence-electron chi connectivity index (χ3n) is 7.25. The van der Waals surface area contributed by atoms with Gasteiger partial charge in [-0.2, -0.15) is 4.98 Å². The Balaban J connectivity index is 1.28. The number of fused-ring (bicyclic) bond motifs is 1. The van der Waals surface area contributed by atoms with E-state index in [1.807, 2.05) is 6.07 Å². The molecule has 2 atom stereocenters. The molecule has 37 heavy (non-hydrogen) atoms. The number of carbonyl (C=O) groups is 1. The first-order chi connectivity index (χ1) is 17.7. The highest BCUT2D eigenvalue weighted by Gasteiger charge is 2.46. The van der Waals surface area contributed by atoms with Crippen molar-refractivity contribution in [3.8, 4) is 5.75 Å². The fourth-order valence-electron chi connectivity index (χ4n) is 5.16. The number of halogens is 1. The third kappa shape index (κ3) is 6.53. The number of ether oxygens (including phenoxy) is 1. The predicted octanol–water partition coefficient (Wildman–Crippen LogP) is 3.36. The van der Waals surface area contributed by atoms with Crippen molar-refractivity contribution >= 4 is 37.1 Å². The van der Waals surface area contributed by atoms with Gasteiger partial charge in [0.05, 0.1) is 18.2 Å². The predicted molar refractivity (Wildman–Crippen MR) is 138 cm³/mol. The lowest BCUT2D eigenvalue weighted by Gasteiger charge is -2.29. The van der Waals surface area contributed by atoms with Gasteiger partial charge < -0.3 is 30.1 Å². The van der Waals surface area contributed by atoms with E-state index in [9.17, 15) is 9.36 Å². The zero-order valence-corrected chi connectivity index (χ0v) is 22.1. The van der Waals surface area contributed by atoms with E-state index in [0.717, 1.165) is 18.7 Å². The van der Waals surface area contributed by atoms with E-state index in [1.54, 1.807) is 25.4 Å². The number of phosphoric acid groups is 1. The number of rotatable bonds is 9. The van der Waals surface area contributed by atoms with Crippen molar-refractivity contribution in [2.45, 2.75) is 50.8 Å². The Kier molecular flexibility index (Phi) is 7.60. The molecule has 13 heteroatoms. The number of hydrogen-bond acceptors (Lipinski definition) is 8. The highest BCUT2D eigenvalue weighted by molar-refractivity contribution is 7.46. The normalized spacial score (nSPS) is 24.9. The third-order valence-corrected chi connectivity index (χ3v) is 8.12. The molecule has 0 bridgehead atoms. The van der Waals surface area contributed by atoms with E-state index >= 15 is 0 Å². The van der Waals surface area contributed by atoms with Gasteiger partial charge in [-0.1, -0.05) is 17.7 Å². The van der Waals surface area contributed by atoms with Gasteiger partial charge >= 0.3 is 7.82 Å². The molecular weight excluding hydrogens is 521 g/mol. The number of phosphoric ester groups is 1. The van der Waals surface area contributed by atoms with E-state index in [0.29, 0.717) is 72.2 Å². The number of carbonyl (C=O) groups excluding carboxylic acids is 1. The molecule has 3 fully saturated rings. The summed E-state index contributed by atoms with van der Waals surface area (Å²) in [6.07, 6.45) is 4.32. The van der Waals surface area contributed by atoms with Gasteiger partial charge in [0.15, 0.2) is 0 Å². The topological polar surface area (TPSA) is 146 Å². The van der Waals surface area contributed by atoms with Crippen molar-refractivity contribution in [1.29, 1.82) is 0 Å². The van der Waals surface area contributed by atoms with Crippen LogP contribution in [0.5, 0.6) is 5.75 Å². The lowest BCUT2D eigenvalue weighted by molar-refractivity contribution is 0.0820. The molecule has 0 spiro atoms. The molecule has 5 rings (SSSR count). The average Bonchev–Trinajstić information content (AvgIpc) is 3.47. The number of anilines is 2. The molecular formula is C24H31ClN5O6P. The number of methoxy groups -OCH3 is 1. The van der Waals surface area contributed by atoms with E-state index in [2.05, 4.69) is 20.5 Å². The van der Waals surface area contributed by atoms with Gasteiger partial charge in [0, 0.05) is 31.9 Å². The average molecular weight is 552 g/mol. The first-order valence-corrected chi connectivity index (χ1v) is 14.3. The van der Waals surface area contributed by atoms with Crippen molar-refractivity contribution in [2.75, 3.05) is 30.4 Å². The molecule has 3 aliphatic rings. The molecule has 1 saturated heterocycles. The fraction of sp³-hybridized carbons (Fsp3) is 0.542. The van der Waals surface area contributed by atoms with Gasteiger partial charge in [0.2, 0.25) is 5.95 Å². The van der Waals surface area contributed by atoms with Crippen LogP contribution in [0.2, 0.25) is 5.02 Å². The molecule has 1 unspecified atom stereocenters. The van der Waals surface area contributed by atoms with Crippen LogP contribution < -0.4 is 20.3 Å². The summed E-state index contributed by atoms with van der Waals surface area (Å²) in [6, 6.07) is 5.36. The summed E-state index contributed by atoms with van der Waals surface area (Å²) in [4.78, 5) is 42.7. The molecule has 2 aromatic rings. The van der Waals surface area contributed by atoms with Crippen molar-refractivity contribution in [3.05, 3.63) is 40.5 Å². The number of benzene rings is 1. The largest absolute Gasteiger partial charge is 0.495 e. The SMILES string of the molecule is COc1ccc(CNc2nc(N3CC4C[C@@H]4C3)ncc2C(=O)NC2CCC(OP(=O)(O)O)CC2)cc1Cl. The van der Waals surface area contributed by atoms with E-state index in [4.69, 9.17) is 35.6 Å². The lowest BCUT2D eigenvalue weighted by Crippen LogP contribution is -2.39. The van der Waals surface area contributed by atoms with Crippen LogP contribution in [0.4, 0.5) is 11.8 Å². The maximum absolute atomic E-state index is 13.2. The van der Waals surface area contributed by atoms with Crippen molar-refractivity contribution in [2.24, 2.45) is 11.8 Å². The Bertz CT molecular complexity index is 1190. The second-order valence-electron chi connectivity index (χ2n) is 9.96. The molecule has 2 heterocycles. The Morgan fingerprint density at radius 1 is 1.22 bits per heavy atom. The maximum atomic E-state index is 13.2. The summed E-state index contributed by atoms with van der Waals surface area (Å²) in [5.41, 5.74) is 1.24. The molecule has 4 N–H and O–H groups in total. The van der Waals surface area contributed by atoms with Gasteiger partial charge in [-0.15, -0.1) is 0 Å². The maximum Gasteiger partial charge on any atom is 0.469 e. The van der Waals surface area contributed by atoms with Crippen LogP contribution in [0.3, 0.4) is 0 Å². The second kappa shape index (κ2) is 10.7. The van der Waals surface area contributed by atoms with Crippen molar-refractivity contribution in [3.63, 3.8) is 0 Å². The lowest BCUT2D eigenvalue weighted by atomic mass is 9.93. The summed E-state index contributed by atoms with van der Waals surface area (Å²) in [7, 11) is -2.96. The zero-order chi connectivity index (χ0) is 26.2. The number of hydrogen-bond donors (Lipinski definition) is 4. The molecule has 2 aliphatic carbocycles. The molecule has 1 aliphatic heterocycles. The molecule has 1 aromatic carbocycles. The van der Waals surface area contributed by atoms with Crippen LogP contribution in [0.1, 0.15) is 48.0 Å². The van der Waals surface area contributed by atoms with E-state index < -0.39 is 13.9 Å². The van der Waals surface area contributed by atoms with Crippen LogP contribution >= 0.6 is 19.4 Å². The minimum absolute atomic E-state index is 0.136. The van der Waals surface area contributed by atoms with Gasteiger partial charge in [-0.3, -0.25) is 9.32 Å². The molecule has 11 nitrogen and oxygen atoms in total.